The molecular formula is C18H30N4O. The molecule has 1 saturated carbocycles. The monoisotopic (exact) mass is 318 g/mol. The van der Waals surface area contributed by atoms with Gasteiger partial charge in [0, 0.05) is 37.6 Å². The van der Waals surface area contributed by atoms with Gasteiger partial charge >= 0.3 is 6.03 Å². The first-order valence-electron chi connectivity index (χ1n) is 9.29. The Hall–Kier alpha value is -1.52. The molecule has 2 aliphatic rings. The molecule has 0 spiro atoms. The molecule has 1 saturated heterocycles. The van der Waals surface area contributed by atoms with Gasteiger partial charge in [0.05, 0.1) is 0 Å². The highest BCUT2D eigenvalue weighted by atomic mass is 16.2. The number of urea groups is 1. The van der Waals surface area contributed by atoms with E-state index in [1.807, 2.05) is 19.3 Å². The lowest BCUT2D eigenvalue weighted by Crippen LogP contribution is -2.51. The van der Waals surface area contributed by atoms with Crippen molar-refractivity contribution in [3.05, 3.63) is 18.2 Å². The minimum atomic E-state index is 0.170. The fraction of sp³-hybridized carbons (Fsp3) is 0.778. The number of amides is 2. The zero-order valence-corrected chi connectivity index (χ0v) is 14.3. The van der Waals surface area contributed by atoms with E-state index < -0.39 is 0 Å². The molecule has 3 rings (SSSR count). The Morgan fingerprint density at radius 1 is 1.22 bits per heavy atom. The van der Waals surface area contributed by atoms with E-state index in [9.17, 15) is 4.79 Å². The third kappa shape index (κ3) is 4.27. The second-order valence-corrected chi connectivity index (χ2v) is 7.08. The SMILES string of the molecule is Cc1nccn1CCC1CCCCN1C(=O)NC1CCCCC1. The molecule has 1 aromatic rings. The van der Waals surface area contributed by atoms with E-state index in [2.05, 4.69) is 19.8 Å². The number of nitrogens with zero attached hydrogens (tertiary/aromatic N) is 3. The minimum Gasteiger partial charge on any atom is -0.335 e. The van der Waals surface area contributed by atoms with Gasteiger partial charge in [-0.1, -0.05) is 19.3 Å². The average molecular weight is 318 g/mol. The van der Waals surface area contributed by atoms with Crippen LogP contribution in [0.4, 0.5) is 4.79 Å². The lowest BCUT2D eigenvalue weighted by molar-refractivity contribution is 0.139. The van der Waals surface area contributed by atoms with Crippen LogP contribution >= 0.6 is 0 Å². The predicted octanol–water partition coefficient (Wildman–Crippen LogP) is 3.48. The standard InChI is InChI=1S/C18H30N4O/c1-15-19-11-14-21(15)13-10-17-9-5-6-12-22(17)18(23)20-16-7-3-2-4-8-16/h11,14,16-17H,2-10,12-13H2,1H3,(H,20,23). The first kappa shape index (κ1) is 16.3. The number of aromatic nitrogens is 2. The first-order chi connectivity index (χ1) is 11.2. The molecule has 1 aliphatic carbocycles. The quantitative estimate of drug-likeness (QED) is 0.924. The molecule has 0 aromatic carbocycles. The molecule has 2 heterocycles. The summed E-state index contributed by atoms with van der Waals surface area (Å²) in [5.41, 5.74) is 0. The van der Waals surface area contributed by atoms with Gasteiger partial charge in [0.2, 0.25) is 0 Å². The summed E-state index contributed by atoms with van der Waals surface area (Å²) in [6.45, 7) is 3.89. The van der Waals surface area contributed by atoms with Crippen LogP contribution in [0.25, 0.3) is 0 Å². The van der Waals surface area contributed by atoms with E-state index in [1.165, 1.54) is 25.7 Å². The van der Waals surface area contributed by atoms with Crippen molar-refractivity contribution in [2.24, 2.45) is 0 Å². The van der Waals surface area contributed by atoms with Gasteiger partial charge in [0.15, 0.2) is 0 Å². The fourth-order valence-corrected chi connectivity index (χ4v) is 4.00. The molecule has 1 atom stereocenters. The number of carbonyl (C=O) groups excluding carboxylic acids is 1. The van der Waals surface area contributed by atoms with Crippen molar-refractivity contribution in [1.82, 2.24) is 19.8 Å². The molecule has 1 aromatic heterocycles. The van der Waals surface area contributed by atoms with E-state index in [1.54, 1.807) is 0 Å². The number of hydrogen-bond acceptors (Lipinski definition) is 2. The van der Waals surface area contributed by atoms with Crippen LogP contribution in [0.3, 0.4) is 0 Å². The molecular weight excluding hydrogens is 288 g/mol. The van der Waals surface area contributed by atoms with E-state index in [4.69, 9.17) is 0 Å². The summed E-state index contributed by atoms with van der Waals surface area (Å²) in [6.07, 6.45) is 14.6. The molecule has 23 heavy (non-hydrogen) atoms. The number of carbonyl (C=O) groups is 1. The number of imidazole rings is 1. The molecule has 1 unspecified atom stereocenters. The van der Waals surface area contributed by atoms with E-state index in [0.717, 1.165) is 51.0 Å². The lowest BCUT2D eigenvalue weighted by Gasteiger charge is -2.37. The third-order valence-corrected chi connectivity index (χ3v) is 5.45. The summed E-state index contributed by atoms with van der Waals surface area (Å²) in [5, 5.41) is 3.29. The Morgan fingerprint density at radius 3 is 2.74 bits per heavy atom. The van der Waals surface area contributed by atoms with Crippen LogP contribution < -0.4 is 5.32 Å². The zero-order chi connectivity index (χ0) is 16.1. The second-order valence-electron chi connectivity index (χ2n) is 7.08. The molecule has 5 nitrogen and oxygen atoms in total. The number of nitrogens with one attached hydrogen (secondary N) is 1. The van der Waals surface area contributed by atoms with Gasteiger partial charge in [-0.15, -0.1) is 0 Å². The highest BCUT2D eigenvalue weighted by Crippen LogP contribution is 2.22. The number of piperidine rings is 1. The Labute approximate surface area is 139 Å². The number of hydrogen-bond donors (Lipinski definition) is 1. The molecule has 2 amide bonds. The number of aryl methyl sites for hydroxylation is 2. The maximum Gasteiger partial charge on any atom is 0.317 e. The van der Waals surface area contributed by atoms with Crippen LogP contribution in [0.15, 0.2) is 12.4 Å². The zero-order valence-electron chi connectivity index (χ0n) is 14.3. The second kappa shape index (κ2) is 7.84. The van der Waals surface area contributed by atoms with Crippen LogP contribution in [-0.4, -0.2) is 39.1 Å². The van der Waals surface area contributed by atoms with Gasteiger partial charge in [-0.25, -0.2) is 9.78 Å². The van der Waals surface area contributed by atoms with Crippen molar-refractivity contribution >= 4 is 6.03 Å². The Morgan fingerprint density at radius 2 is 2.00 bits per heavy atom. The van der Waals surface area contributed by atoms with Gasteiger partial charge in [0.25, 0.3) is 0 Å². The lowest BCUT2D eigenvalue weighted by atomic mass is 9.95. The van der Waals surface area contributed by atoms with Crippen LogP contribution in [0.2, 0.25) is 0 Å². The van der Waals surface area contributed by atoms with E-state index in [0.29, 0.717) is 12.1 Å². The van der Waals surface area contributed by atoms with Crippen LogP contribution in [0, 0.1) is 6.92 Å². The van der Waals surface area contributed by atoms with Gasteiger partial charge in [-0.05, 0) is 45.4 Å². The first-order valence-corrected chi connectivity index (χ1v) is 9.29. The van der Waals surface area contributed by atoms with Crippen molar-refractivity contribution in [3.8, 4) is 0 Å². The van der Waals surface area contributed by atoms with E-state index in [-0.39, 0.29) is 6.03 Å². The molecule has 128 valence electrons. The Bertz CT molecular complexity index is 507. The smallest absolute Gasteiger partial charge is 0.317 e. The van der Waals surface area contributed by atoms with Gasteiger partial charge in [-0.2, -0.15) is 0 Å². The highest BCUT2D eigenvalue weighted by Gasteiger charge is 2.28. The Kier molecular flexibility index (Phi) is 5.57. The van der Waals surface area contributed by atoms with Crippen molar-refractivity contribution in [1.29, 1.82) is 0 Å². The largest absolute Gasteiger partial charge is 0.335 e. The van der Waals surface area contributed by atoms with Crippen molar-refractivity contribution < 1.29 is 4.79 Å². The molecule has 5 heteroatoms. The minimum absolute atomic E-state index is 0.170. The molecule has 2 fully saturated rings. The number of likely N-dealkylation sites (tertiary alicyclic amines) is 1. The van der Waals surface area contributed by atoms with Gasteiger partial charge in [0.1, 0.15) is 5.82 Å². The summed E-state index contributed by atoms with van der Waals surface area (Å²) in [5.74, 6) is 1.05. The van der Waals surface area contributed by atoms with Crippen molar-refractivity contribution in [2.75, 3.05) is 6.54 Å². The average Bonchev–Trinajstić information content (AvgIpc) is 2.99. The summed E-state index contributed by atoms with van der Waals surface area (Å²) in [7, 11) is 0. The van der Waals surface area contributed by atoms with Gasteiger partial charge < -0.3 is 14.8 Å². The van der Waals surface area contributed by atoms with Crippen molar-refractivity contribution in [3.63, 3.8) is 0 Å². The normalized spacial score (nSPS) is 23.0. The summed E-state index contributed by atoms with van der Waals surface area (Å²) < 4.78 is 2.19. The Balaban J connectivity index is 1.54. The highest BCUT2D eigenvalue weighted by molar-refractivity contribution is 5.75. The van der Waals surface area contributed by atoms with Crippen LogP contribution in [0.5, 0.6) is 0 Å². The maximum atomic E-state index is 12.7. The molecule has 0 radical (unpaired) electrons. The summed E-state index contributed by atoms with van der Waals surface area (Å²) >= 11 is 0. The van der Waals surface area contributed by atoms with Gasteiger partial charge in [-0.3, -0.25) is 0 Å². The maximum absolute atomic E-state index is 12.7. The molecule has 0 bridgehead atoms. The fourth-order valence-electron chi connectivity index (χ4n) is 4.00. The summed E-state index contributed by atoms with van der Waals surface area (Å²) in [4.78, 5) is 19.1. The van der Waals surface area contributed by atoms with Crippen LogP contribution in [0.1, 0.15) is 63.6 Å². The molecule has 1 aliphatic heterocycles. The van der Waals surface area contributed by atoms with Crippen LogP contribution in [-0.2, 0) is 6.54 Å². The summed E-state index contributed by atoms with van der Waals surface area (Å²) in [6, 6.07) is 0.938. The molecule has 1 N–H and O–H groups in total. The predicted molar refractivity (Wildman–Crippen MR) is 91.3 cm³/mol. The van der Waals surface area contributed by atoms with Crippen molar-refractivity contribution in [2.45, 2.75) is 83.3 Å². The van der Waals surface area contributed by atoms with E-state index >= 15 is 0 Å². The third-order valence-electron chi connectivity index (χ3n) is 5.45. The topological polar surface area (TPSA) is 50.2 Å². The number of rotatable bonds is 4.